The van der Waals surface area contributed by atoms with Crippen LogP contribution in [0.3, 0.4) is 0 Å². The Balaban J connectivity index is 1.75. The van der Waals surface area contributed by atoms with Crippen LogP contribution < -0.4 is 10.1 Å². The summed E-state index contributed by atoms with van der Waals surface area (Å²) in [6, 6.07) is 25.7. The molecule has 0 spiro atoms. The monoisotopic (exact) mass is 423 g/mol. The van der Waals surface area contributed by atoms with E-state index < -0.39 is 10.0 Å². The fraction of sp³-hybridized carbons (Fsp3) is 0.174. The summed E-state index contributed by atoms with van der Waals surface area (Å²) in [4.78, 5) is 12.9. The van der Waals surface area contributed by atoms with Gasteiger partial charge in [0.15, 0.2) is 0 Å². The Morgan fingerprint density at radius 3 is 1.77 bits per heavy atom. The maximum Gasteiger partial charge on any atom is 0.265 e. The number of nitrogens with zero attached hydrogens (tertiary/aromatic N) is 1. The van der Waals surface area contributed by atoms with E-state index in [2.05, 4.69) is 10.1 Å². The molecule has 0 fully saturated rings. The van der Waals surface area contributed by atoms with Crippen molar-refractivity contribution in [3.05, 3.63) is 102 Å². The van der Waals surface area contributed by atoms with Gasteiger partial charge in [0.2, 0.25) is 10.0 Å². The van der Waals surface area contributed by atoms with Gasteiger partial charge in [0, 0.05) is 25.2 Å². The zero-order valence-corrected chi connectivity index (χ0v) is 17.6. The number of rotatable bonds is 9. The molecule has 1 amide bonds. The Bertz CT molecular complexity index is 1010. The molecule has 0 saturated heterocycles. The predicted molar refractivity (Wildman–Crippen MR) is 117 cm³/mol. The molecule has 0 bridgehead atoms. The summed E-state index contributed by atoms with van der Waals surface area (Å²) in [5.41, 5.74) is 5.47. The van der Waals surface area contributed by atoms with Gasteiger partial charge in [-0.3, -0.25) is 10.2 Å². The van der Waals surface area contributed by atoms with Crippen molar-refractivity contribution in [3.8, 4) is 0 Å². The normalized spacial score (nSPS) is 11.4. The van der Waals surface area contributed by atoms with E-state index in [4.69, 9.17) is 0 Å². The quantitative estimate of drug-likeness (QED) is 0.518. The molecule has 0 saturated carbocycles. The number of hydrazine groups is 1. The van der Waals surface area contributed by atoms with Crippen molar-refractivity contribution in [1.29, 1.82) is 0 Å². The minimum absolute atomic E-state index is 0.131. The number of hydrogen-bond acceptors (Lipinski definition) is 4. The van der Waals surface area contributed by atoms with E-state index in [1.54, 1.807) is 6.92 Å². The first-order valence-corrected chi connectivity index (χ1v) is 11.2. The van der Waals surface area contributed by atoms with Crippen LogP contribution in [-0.4, -0.2) is 25.9 Å². The fourth-order valence-corrected chi connectivity index (χ4v) is 4.05. The van der Waals surface area contributed by atoms with Gasteiger partial charge in [-0.15, -0.1) is 0 Å². The molecule has 3 aromatic rings. The van der Waals surface area contributed by atoms with E-state index in [0.717, 1.165) is 11.1 Å². The van der Waals surface area contributed by atoms with Crippen LogP contribution in [0.2, 0.25) is 0 Å². The van der Waals surface area contributed by atoms with E-state index in [1.165, 1.54) is 24.3 Å². The third-order valence-corrected chi connectivity index (χ3v) is 6.01. The third-order valence-electron chi connectivity index (χ3n) is 4.45. The van der Waals surface area contributed by atoms with Crippen LogP contribution in [0.4, 0.5) is 0 Å². The minimum atomic E-state index is -3.55. The van der Waals surface area contributed by atoms with Gasteiger partial charge in [-0.05, 0) is 35.4 Å². The van der Waals surface area contributed by atoms with Crippen LogP contribution >= 0.6 is 0 Å². The van der Waals surface area contributed by atoms with E-state index in [1.807, 2.05) is 65.7 Å². The number of sulfonamides is 1. The summed E-state index contributed by atoms with van der Waals surface area (Å²) in [7, 11) is -3.55. The van der Waals surface area contributed by atoms with Crippen LogP contribution in [-0.2, 0) is 23.1 Å². The summed E-state index contributed by atoms with van der Waals surface area (Å²) in [5.74, 6) is -0.297. The highest BCUT2D eigenvalue weighted by Gasteiger charge is 2.16. The van der Waals surface area contributed by atoms with Gasteiger partial charge in [0.05, 0.1) is 4.90 Å². The standard InChI is InChI=1S/C23H25N3O3S/c1-2-24-30(28,29)22-15-13-21(14-16-22)23(27)25-26(17-19-9-5-3-6-10-19)18-20-11-7-4-8-12-20/h3-16,24H,2,17-18H2,1H3,(H,25,27). The molecule has 0 aromatic heterocycles. The van der Waals surface area contributed by atoms with Crippen molar-refractivity contribution in [2.24, 2.45) is 0 Å². The van der Waals surface area contributed by atoms with E-state index >= 15 is 0 Å². The van der Waals surface area contributed by atoms with Crippen LogP contribution in [0.1, 0.15) is 28.4 Å². The first kappa shape index (κ1) is 21.7. The first-order valence-electron chi connectivity index (χ1n) is 9.71. The molecule has 7 heteroatoms. The summed E-state index contributed by atoms with van der Waals surface area (Å²) < 4.78 is 26.6. The number of carbonyl (C=O) groups excluding carboxylic acids is 1. The fourth-order valence-electron chi connectivity index (χ4n) is 3.01. The molecule has 0 aliphatic carbocycles. The Morgan fingerprint density at radius 1 is 0.800 bits per heavy atom. The second kappa shape index (κ2) is 10.2. The number of hydrogen-bond donors (Lipinski definition) is 2. The van der Waals surface area contributed by atoms with Gasteiger partial charge in [-0.1, -0.05) is 67.6 Å². The molecule has 0 atom stereocenters. The molecule has 6 nitrogen and oxygen atoms in total. The van der Waals surface area contributed by atoms with E-state index in [-0.39, 0.29) is 10.8 Å². The molecule has 0 aliphatic heterocycles. The van der Waals surface area contributed by atoms with Gasteiger partial charge >= 0.3 is 0 Å². The highest BCUT2D eigenvalue weighted by atomic mass is 32.2. The van der Waals surface area contributed by atoms with Gasteiger partial charge in [0.1, 0.15) is 0 Å². The lowest BCUT2D eigenvalue weighted by Crippen LogP contribution is -2.41. The number of benzene rings is 3. The lowest BCUT2D eigenvalue weighted by molar-refractivity contribution is 0.0759. The highest BCUT2D eigenvalue weighted by molar-refractivity contribution is 7.89. The summed E-state index contributed by atoms with van der Waals surface area (Å²) in [6.45, 7) is 3.09. The summed E-state index contributed by atoms with van der Waals surface area (Å²) in [5, 5.41) is 1.84. The van der Waals surface area contributed by atoms with Gasteiger partial charge in [0.25, 0.3) is 5.91 Å². The molecule has 0 unspecified atom stereocenters. The van der Waals surface area contributed by atoms with Gasteiger partial charge < -0.3 is 0 Å². The van der Waals surface area contributed by atoms with Crippen molar-refractivity contribution < 1.29 is 13.2 Å². The number of amides is 1. The Hall–Kier alpha value is -3.00. The summed E-state index contributed by atoms with van der Waals surface area (Å²) in [6.07, 6.45) is 0. The molecule has 2 N–H and O–H groups in total. The molecule has 156 valence electrons. The molecule has 0 radical (unpaired) electrons. The second-order valence-corrected chi connectivity index (χ2v) is 8.56. The molecular weight excluding hydrogens is 398 g/mol. The maximum atomic E-state index is 12.8. The maximum absolute atomic E-state index is 12.8. The highest BCUT2D eigenvalue weighted by Crippen LogP contribution is 2.12. The predicted octanol–water partition coefficient (Wildman–Crippen LogP) is 3.33. The van der Waals surface area contributed by atoms with Crippen LogP contribution in [0.5, 0.6) is 0 Å². The van der Waals surface area contributed by atoms with Gasteiger partial charge in [-0.2, -0.15) is 0 Å². The van der Waals surface area contributed by atoms with E-state index in [0.29, 0.717) is 25.2 Å². The summed E-state index contributed by atoms with van der Waals surface area (Å²) >= 11 is 0. The van der Waals surface area contributed by atoms with Crippen LogP contribution in [0, 0.1) is 0 Å². The number of carbonyl (C=O) groups is 1. The molecule has 3 rings (SSSR count). The number of nitrogens with one attached hydrogen (secondary N) is 2. The molecule has 0 aliphatic rings. The average Bonchev–Trinajstić information content (AvgIpc) is 2.75. The Morgan fingerprint density at radius 2 is 1.30 bits per heavy atom. The van der Waals surface area contributed by atoms with Crippen LogP contribution in [0.15, 0.2) is 89.8 Å². The third kappa shape index (κ3) is 6.00. The van der Waals surface area contributed by atoms with Crippen molar-refractivity contribution in [1.82, 2.24) is 15.2 Å². The van der Waals surface area contributed by atoms with Gasteiger partial charge in [-0.25, -0.2) is 18.1 Å². The van der Waals surface area contributed by atoms with Crippen molar-refractivity contribution in [2.45, 2.75) is 24.9 Å². The average molecular weight is 424 g/mol. The zero-order chi connectivity index (χ0) is 21.4. The van der Waals surface area contributed by atoms with Crippen molar-refractivity contribution >= 4 is 15.9 Å². The molecular formula is C23H25N3O3S. The van der Waals surface area contributed by atoms with E-state index in [9.17, 15) is 13.2 Å². The lowest BCUT2D eigenvalue weighted by Gasteiger charge is -2.23. The second-order valence-electron chi connectivity index (χ2n) is 6.79. The molecule has 3 aromatic carbocycles. The first-order chi connectivity index (χ1) is 14.5. The largest absolute Gasteiger partial charge is 0.284 e. The SMILES string of the molecule is CCNS(=O)(=O)c1ccc(C(=O)NN(Cc2ccccc2)Cc2ccccc2)cc1. The van der Waals surface area contributed by atoms with Crippen molar-refractivity contribution in [3.63, 3.8) is 0 Å². The molecule has 0 heterocycles. The van der Waals surface area contributed by atoms with Crippen LogP contribution in [0.25, 0.3) is 0 Å². The topological polar surface area (TPSA) is 78.5 Å². The molecule has 30 heavy (non-hydrogen) atoms. The minimum Gasteiger partial charge on any atom is -0.284 e. The van der Waals surface area contributed by atoms with Crippen molar-refractivity contribution in [2.75, 3.05) is 6.54 Å². The Labute approximate surface area is 177 Å². The Kier molecular flexibility index (Phi) is 7.35. The smallest absolute Gasteiger partial charge is 0.265 e. The zero-order valence-electron chi connectivity index (χ0n) is 16.8. The lowest BCUT2D eigenvalue weighted by atomic mass is 10.2.